The highest BCUT2D eigenvalue weighted by atomic mass is 35.5. The summed E-state index contributed by atoms with van der Waals surface area (Å²) in [5, 5.41) is 3.59. The van der Waals surface area contributed by atoms with Gasteiger partial charge in [0, 0.05) is 11.1 Å². The van der Waals surface area contributed by atoms with Crippen molar-refractivity contribution < 1.29 is 4.79 Å². The Balaban J connectivity index is 2.51. The van der Waals surface area contributed by atoms with Gasteiger partial charge in [-0.1, -0.05) is 30.7 Å². The molecular weight excluding hydrogens is 210 g/mol. The van der Waals surface area contributed by atoms with E-state index in [9.17, 15) is 4.79 Å². The quantitative estimate of drug-likeness (QED) is 0.839. The van der Waals surface area contributed by atoms with Crippen molar-refractivity contribution in [2.75, 3.05) is 0 Å². The van der Waals surface area contributed by atoms with Crippen molar-refractivity contribution in [2.24, 2.45) is 0 Å². The first-order valence-corrected chi connectivity index (χ1v) is 5.53. The number of carbonyl (C=O) groups excluding carboxylic acids is 1. The average Bonchev–Trinajstić information content (AvgIpc) is 2.17. The van der Waals surface area contributed by atoms with Crippen molar-refractivity contribution in [3.63, 3.8) is 0 Å². The van der Waals surface area contributed by atoms with Gasteiger partial charge in [0.15, 0.2) is 0 Å². The minimum absolute atomic E-state index is 0.0478. The van der Waals surface area contributed by atoms with Crippen molar-refractivity contribution in [2.45, 2.75) is 32.7 Å². The standard InChI is InChI=1S/C12H16ClNO/c1-3-9(2)14-12(15)8-10-5-4-6-11(13)7-10/h4-7,9H,3,8H2,1-2H3,(H,14,15). The summed E-state index contributed by atoms with van der Waals surface area (Å²) >= 11 is 5.83. The number of benzene rings is 1. The Morgan fingerprint density at radius 2 is 2.27 bits per heavy atom. The number of hydrogen-bond donors (Lipinski definition) is 1. The van der Waals surface area contributed by atoms with E-state index in [4.69, 9.17) is 11.6 Å². The monoisotopic (exact) mass is 225 g/mol. The highest BCUT2D eigenvalue weighted by molar-refractivity contribution is 6.30. The van der Waals surface area contributed by atoms with Crippen LogP contribution in [0.5, 0.6) is 0 Å². The van der Waals surface area contributed by atoms with Crippen LogP contribution in [0.3, 0.4) is 0 Å². The van der Waals surface area contributed by atoms with Crippen LogP contribution < -0.4 is 5.32 Å². The van der Waals surface area contributed by atoms with Crippen molar-refractivity contribution in [1.82, 2.24) is 5.32 Å². The van der Waals surface area contributed by atoms with E-state index in [-0.39, 0.29) is 11.9 Å². The van der Waals surface area contributed by atoms with Crippen molar-refractivity contribution in [3.05, 3.63) is 34.9 Å². The molecule has 0 spiro atoms. The normalized spacial score (nSPS) is 12.2. The van der Waals surface area contributed by atoms with Crippen LogP contribution in [0.25, 0.3) is 0 Å². The number of hydrogen-bond acceptors (Lipinski definition) is 1. The molecular formula is C12H16ClNO. The zero-order chi connectivity index (χ0) is 11.3. The molecule has 0 aromatic heterocycles. The highest BCUT2D eigenvalue weighted by Gasteiger charge is 2.06. The van der Waals surface area contributed by atoms with Gasteiger partial charge in [-0.25, -0.2) is 0 Å². The van der Waals surface area contributed by atoms with Gasteiger partial charge in [-0.15, -0.1) is 0 Å². The molecule has 2 nitrogen and oxygen atoms in total. The second kappa shape index (κ2) is 5.76. The minimum Gasteiger partial charge on any atom is -0.353 e. The van der Waals surface area contributed by atoms with Gasteiger partial charge in [0.25, 0.3) is 0 Å². The molecule has 82 valence electrons. The molecule has 1 unspecified atom stereocenters. The molecule has 1 rings (SSSR count). The summed E-state index contributed by atoms with van der Waals surface area (Å²) in [6, 6.07) is 7.61. The summed E-state index contributed by atoms with van der Waals surface area (Å²) in [5.41, 5.74) is 0.948. The molecule has 1 amide bonds. The average molecular weight is 226 g/mol. The Hall–Kier alpha value is -1.02. The molecule has 0 bridgehead atoms. The molecule has 0 aliphatic heterocycles. The van der Waals surface area contributed by atoms with E-state index in [0.717, 1.165) is 12.0 Å². The second-order valence-electron chi connectivity index (χ2n) is 3.68. The van der Waals surface area contributed by atoms with Gasteiger partial charge < -0.3 is 5.32 Å². The summed E-state index contributed by atoms with van der Waals surface area (Å²) in [7, 11) is 0. The fraction of sp³-hybridized carbons (Fsp3) is 0.417. The Labute approximate surface area is 95.6 Å². The van der Waals surface area contributed by atoms with Gasteiger partial charge in [0.1, 0.15) is 0 Å². The Bertz CT molecular complexity index is 338. The third-order valence-electron chi connectivity index (χ3n) is 2.27. The Morgan fingerprint density at radius 1 is 1.53 bits per heavy atom. The lowest BCUT2D eigenvalue weighted by atomic mass is 10.1. The molecule has 0 aliphatic carbocycles. The predicted octanol–water partition coefficient (Wildman–Crippen LogP) is 2.80. The largest absolute Gasteiger partial charge is 0.353 e. The highest BCUT2D eigenvalue weighted by Crippen LogP contribution is 2.11. The topological polar surface area (TPSA) is 29.1 Å². The number of amides is 1. The van der Waals surface area contributed by atoms with Crippen LogP contribution in [0.1, 0.15) is 25.8 Å². The lowest BCUT2D eigenvalue weighted by Crippen LogP contribution is -2.33. The first kappa shape index (κ1) is 12.1. The van der Waals surface area contributed by atoms with Gasteiger partial charge in [-0.3, -0.25) is 4.79 Å². The maximum Gasteiger partial charge on any atom is 0.224 e. The molecule has 1 aromatic carbocycles. The first-order valence-electron chi connectivity index (χ1n) is 5.15. The first-order chi connectivity index (χ1) is 7.11. The summed E-state index contributed by atoms with van der Waals surface area (Å²) in [4.78, 5) is 11.5. The van der Waals surface area contributed by atoms with Crippen LogP contribution in [0.4, 0.5) is 0 Å². The molecule has 0 saturated heterocycles. The van der Waals surface area contributed by atoms with Crippen molar-refractivity contribution >= 4 is 17.5 Å². The molecule has 3 heteroatoms. The molecule has 1 N–H and O–H groups in total. The molecule has 1 aromatic rings. The SMILES string of the molecule is CCC(C)NC(=O)Cc1cccc(Cl)c1. The van der Waals surface area contributed by atoms with Crippen LogP contribution in [0.2, 0.25) is 5.02 Å². The number of rotatable bonds is 4. The van der Waals surface area contributed by atoms with Crippen LogP contribution in [0, 0.1) is 0 Å². The zero-order valence-electron chi connectivity index (χ0n) is 9.09. The number of halogens is 1. The van der Waals surface area contributed by atoms with Crippen molar-refractivity contribution in [3.8, 4) is 0 Å². The minimum atomic E-state index is 0.0478. The van der Waals surface area contributed by atoms with E-state index in [1.165, 1.54) is 0 Å². The molecule has 0 fully saturated rings. The van der Waals surface area contributed by atoms with E-state index >= 15 is 0 Å². The van der Waals surface area contributed by atoms with Crippen LogP contribution in [0.15, 0.2) is 24.3 Å². The summed E-state index contributed by atoms with van der Waals surface area (Å²) in [6.45, 7) is 4.04. The van der Waals surface area contributed by atoms with Crippen LogP contribution in [-0.2, 0) is 11.2 Å². The fourth-order valence-corrected chi connectivity index (χ4v) is 1.47. The fourth-order valence-electron chi connectivity index (χ4n) is 1.26. The van der Waals surface area contributed by atoms with Gasteiger partial charge in [-0.2, -0.15) is 0 Å². The Kier molecular flexibility index (Phi) is 4.63. The second-order valence-corrected chi connectivity index (χ2v) is 4.12. The van der Waals surface area contributed by atoms with Crippen LogP contribution >= 0.6 is 11.6 Å². The summed E-state index contributed by atoms with van der Waals surface area (Å²) in [6.07, 6.45) is 1.34. The lowest BCUT2D eigenvalue weighted by Gasteiger charge is -2.11. The zero-order valence-corrected chi connectivity index (χ0v) is 9.84. The summed E-state index contributed by atoms with van der Waals surface area (Å²) in [5.74, 6) is 0.0478. The van der Waals surface area contributed by atoms with E-state index < -0.39 is 0 Å². The lowest BCUT2D eigenvalue weighted by molar-refractivity contribution is -0.121. The molecule has 0 aliphatic rings. The van der Waals surface area contributed by atoms with E-state index in [2.05, 4.69) is 5.32 Å². The maximum atomic E-state index is 11.5. The van der Waals surface area contributed by atoms with Gasteiger partial charge in [0.05, 0.1) is 6.42 Å². The molecule has 0 saturated carbocycles. The Morgan fingerprint density at radius 3 is 2.87 bits per heavy atom. The summed E-state index contributed by atoms with van der Waals surface area (Å²) < 4.78 is 0. The molecule has 0 radical (unpaired) electrons. The van der Waals surface area contributed by atoms with E-state index in [0.29, 0.717) is 11.4 Å². The van der Waals surface area contributed by atoms with Crippen LogP contribution in [-0.4, -0.2) is 11.9 Å². The van der Waals surface area contributed by atoms with Gasteiger partial charge >= 0.3 is 0 Å². The third-order valence-corrected chi connectivity index (χ3v) is 2.51. The maximum absolute atomic E-state index is 11.5. The van der Waals surface area contributed by atoms with Gasteiger partial charge in [-0.05, 0) is 31.0 Å². The smallest absolute Gasteiger partial charge is 0.224 e. The molecule has 1 atom stereocenters. The van der Waals surface area contributed by atoms with E-state index in [1.54, 1.807) is 6.07 Å². The number of carbonyl (C=O) groups is 1. The predicted molar refractivity (Wildman–Crippen MR) is 63.1 cm³/mol. The van der Waals surface area contributed by atoms with Crippen molar-refractivity contribution in [1.29, 1.82) is 0 Å². The third kappa shape index (κ3) is 4.34. The number of nitrogens with one attached hydrogen (secondary N) is 1. The molecule has 0 heterocycles. The molecule has 15 heavy (non-hydrogen) atoms. The van der Waals surface area contributed by atoms with E-state index in [1.807, 2.05) is 32.0 Å². The van der Waals surface area contributed by atoms with Gasteiger partial charge in [0.2, 0.25) is 5.91 Å².